The number of aliphatic hydroxyl groups is 1. The molecule has 6 amide bonds. The third kappa shape index (κ3) is 16.7. The van der Waals surface area contributed by atoms with Gasteiger partial charge in [0.1, 0.15) is 65.5 Å². The molecule has 3 aromatic carbocycles. The van der Waals surface area contributed by atoms with E-state index in [1.807, 2.05) is 0 Å². The second kappa shape index (κ2) is 29.2. The number of carbonyl (C=O) groups excluding carboxylic acids is 6. The van der Waals surface area contributed by atoms with Crippen LogP contribution in [0.4, 0.5) is 68.2 Å². The van der Waals surface area contributed by atoms with E-state index in [0.29, 0.717) is 31.4 Å². The largest absolute Gasteiger partial charge is 0.416 e. The second-order valence-corrected chi connectivity index (χ2v) is 23.0. The lowest BCUT2D eigenvalue weighted by Crippen LogP contribution is -2.46. The number of aryl methyl sites for hydroxylation is 2. The maximum atomic E-state index is 13.6. The average Bonchev–Trinajstić information content (AvgIpc) is 1.77. The highest BCUT2D eigenvalue weighted by Gasteiger charge is 2.49. The number of benzene rings is 3. The van der Waals surface area contributed by atoms with Gasteiger partial charge in [-0.25, -0.2) is 23.1 Å². The molecule has 31 heteroatoms. The Morgan fingerprint density at radius 2 is 0.967 bits per heavy atom. The van der Waals surface area contributed by atoms with Gasteiger partial charge in [-0.1, -0.05) is 34.8 Å². The smallest absolute Gasteiger partial charge is 0.383 e. The lowest BCUT2D eigenvalue weighted by atomic mass is 10.1. The van der Waals surface area contributed by atoms with Crippen LogP contribution in [0.15, 0.2) is 78.9 Å². The van der Waals surface area contributed by atoms with Crippen molar-refractivity contribution < 1.29 is 92.3 Å². The number of carbonyl (C=O) groups is 6. The normalized spacial score (nSPS) is 22.6. The zero-order chi connectivity index (χ0) is 66.6. The summed E-state index contributed by atoms with van der Waals surface area (Å²) in [6.45, 7) is 3.77. The number of likely N-dealkylation sites (N-methyl/N-ethyl adjacent to an activating group) is 3. The lowest BCUT2D eigenvalue weighted by molar-refractivity contribution is -0.189. The molecule has 5 fully saturated rings. The highest BCUT2D eigenvalue weighted by atomic mass is 35.5. The molecular weight excluding hydrogens is 1290 g/mol. The van der Waals surface area contributed by atoms with E-state index < -0.39 is 119 Å². The van der Waals surface area contributed by atoms with Crippen LogP contribution in [-0.4, -0.2) is 134 Å². The highest BCUT2D eigenvalue weighted by molar-refractivity contribution is 6.32. The van der Waals surface area contributed by atoms with Crippen LogP contribution in [0, 0.1) is 31.3 Å². The molecule has 2 N–H and O–H groups in total. The third-order valence-electron chi connectivity index (χ3n) is 15.3. The number of nitrogens with one attached hydrogen (secondary N) is 1. The Morgan fingerprint density at radius 1 is 0.571 bits per heavy atom. The summed E-state index contributed by atoms with van der Waals surface area (Å²) >= 11 is 17.3. The van der Waals surface area contributed by atoms with Crippen molar-refractivity contribution in [2.75, 3.05) is 58.9 Å². The first-order valence-corrected chi connectivity index (χ1v) is 29.4. The molecule has 2 unspecified atom stereocenters. The number of halogens is 12. The average molecular weight is 1350 g/mol. The molecule has 0 saturated carbocycles. The molecule has 0 spiro atoms. The molecule has 91 heavy (non-hydrogen) atoms. The molecule has 8 atom stereocenters. The van der Waals surface area contributed by atoms with Crippen LogP contribution in [0.3, 0.4) is 0 Å². The minimum atomic E-state index is -4.69. The van der Waals surface area contributed by atoms with Crippen LogP contribution >= 0.6 is 34.8 Å². The standard InChI is InChI=1S/C24H24ClF4N3O4.C19H16ClF4N3O3.C17H20ClFN2O4/c1-13-9-14(24(27,28)29)10-20(30-13)32-18(12-19(23(32)34)36-21-5-3-4-8-35-21)22(33)31(2)15-6-7-17(26)16(25)11-15;1-9-5-10(19(22,23)24)6-16(25-9)27-14(8-15(28)18(27)30)17(29)26(2)11-3-4-13(21)12(20)7-11;1-21(10-5-6-12(19)11(18)8-10)17(23)13-9-14(16(22)20-13)25-15-4-2-3-7-24-15/h6-7,9-11,18-19,21H,3-5,8,12H2,1-2H3;3-7,14-15,28H,8H2,1-2H3;5-6,8,13-15H,2-4,7,9H2,1H3,(H,20,22)/t18-,19-,21?;14-,15-;13-,14-,15?/m000/s1. The van der Waals surface area contributed by atoms with E-state index in [2.05, 4.69) is 15.3 Å². The van der Waals surface area contributed by atoms with Crippen molar-refractivity contribution in [3.05, 3.63) is 134 Å². The summed E-state index contributed by atoms with van der Waals surface area (Å²) in [7, 11) is 4.29. The second-order valence-electron chi connectivity index (χ2n) is 21.8. The number of anilines is 5. The highest BCUT2D eigenvalue weighted by Crippen LogP contribution is 2.39. The molecule has 0 radical (unpaired) electrons. The van der Waals surface area contributed by atoms with Crippen molar-refractivity contribution in [3.8, 4) is 0 Å². The van der Waals surface area contributed by atoms with E-state index in [4.69, 9.17) is 53.8 Å². The van der Waals surface area contributed by atoms with Crippen molar-refractivity contribution in [2.45, 2.75) is 133 Å². The van der Waals surface area contributed by atoms with Gasteiger partial charge in [-0.05, 0) is 131 Å². The number of alkyl halides is 6. The van der Waals surface area contributed by atoms with Crippen LogP contribution in [0.5, 0.6) is 0 Å². The van der Waals surface area contributed by atoms with Crippen molar-refractivity contribution in [3.63, 3.8) is 0 Å². The van der Waals surface area contributed by atoms with Gasteiger partial charge in [-0.2, -0.15) is 26.3 Å². The van der Waals surface area contributed by atoms with Crippen molar-refractivity contribution >= 4 is 98.9 Å². The molecule has 19 nitrogen and oxygen atoms in total. The minimum Gasteiger partial charge on any atom is -0.383 e. The maximum Gasteiger partial charge on any atom is 0.416 e. The van der Waals surface area contributed by atoms with Crippen LogP contribution in [-0.2, 0) is 60.1 Å². The molecule has 5 saturated heterocycles. The van der Waals surface area contributed by atoms with E-state index in [0.717, 1.165) is 82.0 Å². The molecule has 2 aromatic heterocycles. The molecule has 5 aliphatic heterocycles. The number of rotatable bonds is 12. The summed E-state index contributed by atoms with van der Waals surface area (Å²) in [6, 6.07) is 11.0. The summed E-state index contributed by atoms with van der Waals surface area (Å²) in [5, 5.41) is 12.1. The predicted molar refractivity (Wildman–Crippen MR) is 314 cm³/mol. The summed E-state index contributed by atoms with van der Waals surface area (Å²) in [5.74, 6) is -6.24. The third-order valence-corrected chi connectivity index (χ3v) is 16.1. The van der Waals surface area contributed by atoms with Crippen molar-refractivity contribution in [1.82, 2.24) is 15.3 Å². The van der Waals surface area contributed by atoms with Crippen LogP contribution in [0.2, 0.25) is 15.1 Å². The molecule has 0 aliphatic carbocycles. The van der Waals surface area contributed by atoms with Gasteiger partial charge in [0, 0.05) is 82.1 Å². The van der Waals surface area contributed by atoms with E-state index in [9.17, 15) is 73.4 Å². The molecule has 5 aliphatic rings. The number of hydrogen-bond acceptors (Lipinski definition) is 13. The fraction of sp³-hybridized carbons (Fsp3) is 0.433. The first-order chi connectivity index (χ1) is 42.8. The molecule has 0 bridgehead atoms. The van der Waals surface area contributed by atoms with E-state index in [1.165, 1.54) is 75.3 Å². The lowest BCUT2D eigenvalue weighted by Gasteiger charge is -2.28. The zero-order valence-electron chi connectivity index (χ0n) is 49.1. The quantitative estimate of drug-likeness (QED) is 0.111. The van der Waals surface area contributed by atoms with Crippen molar-refractivity contribution in [2.24, 2.45) is 0 Å². The number of ether oxygens (including phenoxy) is 4. The Balaban J connectivity index is 0.000000179. The molecule has 490 valence electrons. The summed E-state index contributed by atoms with van der Waals surface area (Å²) < 4.78 is 143. The van der Waals surface area contributed by atoms with Gasteiger partial charge >= 0.3 is 12.4 Å². The van der Waals surface area contributed by atoms with Crippen LogP contribution in [0.25, 0.3) is 0 Å². The number of aromatic nitrogens is 2. The SMILES string of the molecule is CN(C(=O)[C@@H]1C[C@H](OC2CCCCO2)C(=O)N1)c1ccc(F)c(Cl)c1.Cc1cc(C(F)(F)F)cc(N2C(=O)[C@@H](O)C[C@H]2C(=O)N(C)c2ccc(F)c(Cl)c2)n1.Cc1cc(C(F)(F)F)cc(N2C(=O)[C@@H](OC3CCCCO3)C[C@H]2C(=O)N(C)c2ccc(F)c(Cl)c2)n1. The zero-order valence-corrected chi connectivity index (χ0v) is 51.4. The van der Waals surface area contributed by atoms with Gasteiger partial charge in [0.25, 0.3) is 11.8 Å². The predicted octanol–water partition coefficient (Wildman–Crippen LogP) is 10.5. The number of nitrogens with zero attached hydrogens (tertiary/aromatic N) is 7. The van der Waals surface area contributed by atoms with Gasteiger partial charge in [0.15, 0.2) is 12.6 Å². The van der Waals surface area contributed by atoms with E-state index in [-0.39, 0.29) is 74.7 Å². The van der Waals surface area contributed by atoms with Crippen LogP contribution in [0.1, 0.15) is 80.3 Å². The summed E-state index contributed by atoms with van der Waals surface area (Å²) in [6.07, 6.45) is -9.11. The monoisotopic (exact) mass is 1340 g/mol. The van der Waals surface area contributed by atoms with Gasteiger partial charge in [-0.3, -0.25) is 38.6 Å². The van der Waals surface area contributed by atoms with Crippen LogP contribution < -0.4 is 29.8 Å². The number of pyridine rings is 2. The molecule has 5 aromatic rings. The molecular formula is C60H60Cl3F9N8O11. The first kappa shape index (κ1) is 69.7. The maximum absolute atomic E-state index is 13.6. The topological polar surface area (TPSA) is 214 Å². The number of amides is 6. The fourth-order valence-corrected chi connectivity index (χ4v) is 11.0. The Hall–Kier alpha value is -7.18. The van der Waals surface area contributed by atoms with Gasteiger partial charge in [-0.15, -0.1) is 0 Å². The van der Waals surface area contributed by atoms with E-state index >= 15 is 0 Å². The minimum absolute atomic E-state index is 0.0149. The Kier molecular flexibility index (Phi) is 22.4. The summed E-state index contributed by atoms with van der Waals surface area (Å²) in [4.78, 5) is 90.5. The van der Waals surface area contributed by atoms with Gasteiger partial charge in [0.05, 0.1) is 26.2 Å². The Morgan fingerprint density at radius 3 is 1.36 bits per heavy atom. The van der Waals surface area contributed by atoms with Crippen molar-refractivity contribution in [1.29, 1.82) is 0 Å². The number of hydrogen-bond donors (Lipinski definition) is 2. The molecule has 10 rings (SSSR count). The molecule has 7 heterocycles. The van der Waals surface area contributed by atoms with E-state index in [1.54, 1.807) is 7.05 Å². The van der Waals surface area contributed by atoms with Gasteiger partial charge < -0.3 is 44.1 Å². The first-order valence-electron chi connectivity index (χ1n) is 28.3. The van der Waals surface area contributed by atoms with Gasteiger partial charge in [0.2, 0.25) is 23.6 Å². The summed E-state index contributed by atoms with van der Waals surface area (Å²) in [5.41, 5.74) is -1.13. The Bertz CT molecular complexity index is 3550. The number of aliphatic hydroxyl groups excluding tert-OH is 1. The fourth-order valence-electron chi connectivity index (χ4n) is 10.5. The Labute approximate surface area is 530 Å².